The lowest BCUT2D eigenvalue weighted by Crippen LogP contribution is -2.14. The lowest BCUT2D eigenvalue weighted by molar-refractivity contribution is 0.102. The first-order valence-corrected chi connectivity index (χ1v) is 5.14. The van der Waals surface area contributed by atoms with E-state index in [4.69, 9.17) is 5.73 Å². The number of nitrogens with one attached hydrogen (secondary N) is 1. The Balaban J connectivity index is 2.28. The predicted octanol–water partition coefficient (Wildman–Crippen LogP) is 2.33. The summed E-state index contributed by atoms with van der Waals surface area (Å²) >= 11 is 0. The smallest absolute Gasteiger partial charge is 0.255 e. The molecule has 0 aliphatic carbocycles. The minimum atomic E-state index is -1.63. The van der Waals surface area contributed by atoms with Gasteiger partial charge in [-0.25, -0.2) is 13.2 Å². The molecule has 1 amide bonds. The summed E-state index contributed by atoms with van der Waals surface area (Å²) in [6.07, 6.45) is 2.69. The van der Waals surface area contributed by atoms with Gasteiger partial charge >= 0.3 is 0 Å². The number of amides is 1. The molecule has 0 unspecified atom stereocenters. The van der Waals surface area contributed by atoms with Crippen LogP contribution in [0.1, 0.15) is 10.4 Å². The third-order valence-electron chi connectivity index (χ3n) is 2.35. The molecule has 1 aromatic carbocycles. The molecule has 19 heavy (non-hydrogen) atoms. The van der Waals surface area contributed by atoms with Gasteiger partial charge in [-0.2, -0.15) is 0 Å². The van der Waals surface area contributed by atoms with Crippen molar-refractivity contribution in [1.29, 1.82) is 0 Å². The van der Waals surface area contributed by atoms with Crippen LogP contribution >= 0.6 is 0 Å². The number of carbonyl (C=O) groups excluding carboxylic acids is 1. The Labute approximate surface area is 106 Å². The second kappa shape index (κ2) is 4.97. The Kier molecular flexibility index (Phi) is 3.37. The molecule has 0 aliphatic heterocycles. The monoisotopic (exact) mass is 267 g/mol. The van der Waals surface area contributed by atoms with Crippen molar-refractivity contribution in [2.24, 2.45) is 0 Å². The summed E-state index contributed by atoms with van der Waals surface area (Å²) in [4.78, 5) is 15.5. The number of nitrogens with zero attached hydrogens (tertiary/aromatic N) is 1. The normalized spacial score (nSPS) is 10.3. The molecular formula is C12H8F3N3O. The summed E-state index contributed by atoms with van der Waals surface area (Å²) < 4.78 is 38.7. The highest BCUT2D eigenvalue weighted by molar-refractivity contribution is 6.05. The van der Waals surface area contributed by atoms with E-state index in [0.29, 0.717) is 12.1 Å². The molecule has 3 N–H and O–H groups in total. The van der Waals surface area contributed by atoms with Gasteiger partial charge in [-0.1, -0.05) is 0 Å². The van der Waals surface area contributed by atoms with Crippen LogP contribution in [0.4, 0.5) is 24.5 Å². The van der Waals surface area contributed by atoms with Crippen LogP contribution < -0.4 is 11.1 Å². The van der Waals surface area contributed by atoms with Crippen LogP contribution in [0, 0.1) is 17.5 Å². The van der Waals surface area contributed by atoms with Crippen molar-refractivity contribution in [3.05, 3.63) is 53.6 Å². The second-order valence-corrected chi connectivity index (χ2v) is 3.67. The molecule has 2 aromatic rings. The quantitative estimate of drug-likeness (QED) is 0.820. The zero-order valence-electron chi connectivity index (χ0n) is 9.45. The summed E-state index contributed by atoms with van der Waals surface area (Å²) in [6, 6.07) is 2.62. The Morgan fingerprint density at radius 1 is 1.21 bits per heavy atom. The molecule has 98 valence electrons. The van der Waals surface area contributed by atoms with Crippen LogP contribution in [0.2, 0.25) is 0 Å². The highest BCUT2D eigenvalue weighted by atomic mass is 19.2. The van der Waals surface area contributed by atoms with Crippen molar-refractivity contribution < 1.29 is 18.0 Å². The molecule has 0 bridgehead atoms. The van der Waals surface area contributed by atoms with Crippen LogP contribution in [0.25, 0.3) is 0 Å². The van der Waals surface area contributed by atoms with Crippen LogP contribution in [0.5, 0.6) is 0 Å². The number of aromatic nitrogens is 1. The lowest BCUT2D eigenvalue weighted by Gasteiger charge is -2.07. The minimum absolute atomic E-state index is 0.193. The average molecular weight is 267 g/mol. The first kappa shape index (κ1) is 12.9. The number of hydrogen-bond donors (Lipinski definition) is 2. The predicted molar refractivity (Wildman–Crippen MR) is 62.9 cm³/mol. The SMILES string of the molecule is Nc1cnccc1NC(=O)c1cc(F)c(F)c(F)c1. The summed E-state index contributed by atoms with van der Waals surface area (Å²) in [5.74, 6) is -5.31. The van der Waals surface area contributed by atoms with Gasteiger partial charge in [-0.15, -0.1) is 0 Å². The largest absolute Gasteiger partial charge is 0.396 e. The molecule has 1 aromatic heterocycles. The molecule has 0 atom stereocenters. The molecular weight excluding hydrogens is 259 g/mol. The number of hydrogen-bond acceptors (Lipinski definition) is 3. The fourth-order valence-electron chi connectivity index (χ4n) is 1.40. The lowest BCUT2D eigenvalue weighted by atomic mass is 10.2. The first-order chi connectivity index (χ1) is 8.99. The fourth-order valence-corrected chi connectivity index (χ4v) is 1.40. The van der Waals surface area contributed by atoms with Crippen molar-refractivity contribution in [2.45, 2.75) is 0 Å². The maximum absolute atomic E-state index is 13.0. The Bertz CT molecular complexity index is 623. The van der Waals surface area contributed by atoms with Gasteiger partial charge in [-0.3, -0.25) is 9.78 Å². The van der Waals surface area contributed by atoms with E-state index in [-0.39, 0.29) is 16.9 Å². The van der Waals surface area contributed by atoms with Crippen LogP contribution in [0.15, 0.2) is 30.6 Å². The van der Waals surface area contributed by atoms with E-state index in [1.807, 2.05) is 0 Å². The molecule has 0 fully saturated rings. The highest BCUT2D eigenvalue weighted by Gasteiger charge is 2.15. The maximum Gasteiger partial charge on any atom is 0.255 e. The van der Waals surface area contributed by atoms with Crippen LogP contribution in [-0.2, 0) is 0 Å². The van der Waals surface area contributed by atoms with E-state index in [1.165, 1.54) is 18.5 Å². The van der Waals surface area contributed by atoms with E-state index in [2.05, 4.69) is 10.3 Å². The topological polar surface area (TPSA) is 68.0 Å². The number of carbonyl (C=O) groups is 1. The van der Waals surface area contributed by atoms with Gasteiger partial charge in [0, 0.05) is 11.8 Å². The molecule has 0 saturated heterocycles. The van der Waals surface area contributed by atoms with Gasteiger partial charge in [0.1, 0.15) is 0 Å². The number of benzene rings is 1. The first-order valence-electron chi connectivity index (χ1n) is 5.14. The van der Waals surface area contributed by atoms with Crippen molar-refractivity contribution in [2.75, 3.05) is 11.1 Å². The zero-order chi connectivity index (χ0) is 14.0. The van der Waals surface area contributed by atoms with E-state index in [1.54, 1.807) is 0 Å². The standard InChI is InChI=1S/C12H8F3N3O/c13-7-3-6(4-8(14)11(7)15)12(19)18-10-1-2-17-5-9(10)16/h1-5H,16H2,(H,17,18,19). The molecule has 0 aliphatic rings. The molecule has 0 radical (unpaired) electrons. The molecule has 7 heteroatoms. The number of nitrogens with two attached hydrogens (primary N) is 1. The van der Waals surface area contributed by atoms with E-state index < -0.39 is 23.4 Å². The van der Waals surface area contributed by atoms with Gasteiger partial charge in [-0.05, 0) is 18.2 Å². The summed E-state index contributed by atoms with van der Waals surface area (Å²) in [7, 11) is 0. The van der Waals surface area contributed by atoms with E-state index in [9.17, 15) is 18.0 Å². The highest BCUT2D eigenvalue weighted by Crippen LogP contribution is 2.18. The maximum atomic E-state index is 13.0. The third kappa shape index (κ3) is 2.65. The van der Waals surface area contributed by atoms with Crippen LogP contribution in [-0.4, -0.2) is 10.9 Å². The van der Waals surface area contributed by atoms with Gasteiger partial charge in [0.25, 0.3) is 5.91 Å². The third-order valence-corrected chi connectivity index (χ3v) is 2.35. The number of pyridine rings is 1. The van der Waals surface area contributed by atoms with Gasteiger partial charge in [0.2, 0.25) is 0 Å². The van der Waals surface area contributed by atoms with E-state index >= 15 is 0 Å². The number of rotatable bonds is 2. The summed E-state index contributed by atoms with van der Waals surface area (Å²) in [5, 5.41) is 2.34. The Morgan fingerprint density at radius 2 is 1.84 bits per heavy atom. The van der Waals surface area contributed by atoms with E-state index in [0.717, 1.165) is 0 Å². The molecule has 4 nitrogen and oxygen atoms in total. The number of nitrogen functional groups attached to an aromatic ring is 1. The van der Waals surface area contributed by atoms with Gasteiger partial charge in [0.15, 0.2) is 17.5 Å². The Hall–Kier alpha value is -2.57. The van der Waals surface area contributed by atoms with Crippen molar-refractivity contribution in [3.8, 4) is 0 Å². The van der Waals surface area contributed by atoms with Crippen molar-refractivity contribution in [3.63, 3.8) is 0 Å². The molecule has 0 spiro atoms. The van der Waals surface area contributed by atoms with Crippen LogP contribution in [0.3, 0.4) is 0 Å². The Morgan fingerprint density at radius 3 is 2.42 bits per heavy atom. The fraction of sp³-hybridized carbons (Fsp3) is 0. The van der Waals surface area contributed by atoms with Gasteiger partial charge < -0.3 is 11.1 Å². The summed E-state index contributed by atoms with van der Waals surface area (Å²) in [5.41, 5.74) is 5.63. The van der Waals surface area contributed by atoms with Crippen molar-refractivity contribution >= 4 is 17.3 Å². The molecule has 2 rings (SSSR count). The average Bonchev–Trinajstić information content (AvgIpc) is 2.38. The molecule has 0 saturated carbocycles. The summed E-state index contributed by atoms with van der Waals surface area (Å²) in [6.45, 7) is 0. The van der Waals surface area contributed by atoms with Gasteiger partial charge in [0.05, 0.1) is 17.6 Å². The zero-order valence-corrected chi connectivity index (χ0v) is 9.45. The number of halogens is 3. The minimum Gasteiger partial charge on any atom is -0.396 e. The number of anilines is 2. The van der Waals surface area contributed by atoms with Crippen molar-refractivity contribution in [1.82, 2.24) is 4.98 Å². The second-order valence-electron chi connectivity index (χ2n) is 3.67. The molecule has 1 heterocycles.